The number of carbonyl (C=O) groups is 5. The van der Waals surface area contributed by atoms with Crippen molar-refractivity contribution in [1.29, 1.82) is 0 Å². The van der Waals surface area contributed by atoms with Gasteiger partial charge in [-0.3, -0.25) is 24.0 Å². The Balaban J connectivity index is 1.88. The van der Waals surface area contributed by atoms with E-state index in [2.05, 4.69) is 15.6 Å². The van der Waals surface area contributed by atoms with Crippen LogP contribution in [-0.4, -0.2) is 92.7 Å². The molecule has 1 aromatic heterocycles. The minimum absolute atomic E-state index is 0.00400. The number of ether oxygens (including phenoxy) is 1. The Bertz CT molecular complexity index is 1230. The number of aromatic amines is 1. The van der Waals surface area contributed by atoms with Crippen LogP contribution in [0.3, 0.4) is 0 Å². The van der Waals surface area contributed by atoms with Crippen LogP contribution in [0.1, 0.15) is 39.2 Å². The molecule has 1 aromatic carbocycles. The van der Waals surface area contributed by atoms with Crippen LogP contribution in [0.4, 0.5) is 0 Å². The second-order valence-electron chi connectivity index (χ2n) is 9.84. The normalized spacial score (nSPS) is 20.1. The lowest BCUT2D eigenvalue weighted by atomic mass is 10.0. The van der Waals surface area contributed by atoms with Crippen LogP contribution in [0, 0.1) is 0 Å². The molecule has 13 heteroatoms. The van der Waals surface area contributed by atoms with E-state index in [1.54, 1.807) is 6.20 Å². The summed E-state index contributed by atoms with van der Waals surface area (Å²) in [6, 6.07) is 3.65. The van der Waals surface area contributed by atoms with Gasteiger partial charge in [0.1, 0.15) is 24.2 Å². The minimum Gasteiger partial charge on any atom is -0.461 e. The molecule has 13 nitrogen and oxygen atoms in total. The lowest BCUT2D eigenvalue weighted by Crippen LogP contribution is -2.58. The third-order valence-electron chi connectivity index (χ3n) is 6.51. The van der Waals surface area contributed by atoms with Crippen LogP contribution in [0.15, 0.2) is 30.5 Å². The highest BCUT2D eigenvalue weighted by Gasteiger charge is 2.42. The van der Waals surface area contributed by atoms with Crippen molar-refractivity contribution >= 4 is 40.5 Å². The van der Waals surface area contributed by atoms with E-state index >= 15 is 0 Å². The molecule has 7 N–H and O–H groups in total. The highest BCUT2D eigenvalue weighted by Crippen LogP contribution is 2.24. The molecule has 0 bridgehead atoms. The van der Waals surface area contributed by atoms with Crippen molar-refractivity contribution in [2.75, 3.05) is 6.54 Å². The summed E-state index contributed by atoms with van der Waals surface area (Å²) in [5.74, 6) is -3.49. The van der Waals surface area contributed by atoms with Crippen LogP contribution in [0.5, 0.6) is 0 Å². The van der Waals surface area contributed by atoms with E-state index in [4.69, 9.17) is 10.5 Å². The maximum atomic E-state index is 13.5. The number of hydrogen-bond acceptors (Lipinski definition) is 8. The molecule has 0 unspecified atom stereocenters. The van der Waals surface area contributed by atoms with Crippen molar-refractivity contribution in [2.45, 2.75) is 76.5 Å². The first-order chi connectivity index (χ1) is 18.4. The van der Waals surface area contributed by atoms with Crippen LogP contribution in [0.2, 0.25) is 0 Å². The Morgan fingerprint density at radius 3 is 2.46 bits per heavy atom. The molecular formula is C26H35N5O8. The van der Waals surface area contributed by atoms with Gasteiger partial charge in [0.2, 0.25) is 23.6 Å². The summed E-state index contributed by atoms with van der Waals surface area (Å²) < 4.78 is 5.23. The van der Waals surface area contributed by atoms with E-state index in [9.17, 15) is 34.2 Å². The van der Waals surface area contributed by atoms with Gasteiger partial charge in [-0.15, -0.1) is 0 Å². The lowest BCUT2D eigenvalue weighted by molar-refractivity contribution is -0.146. The number of primary amides is 1. The summed E-state index contributed by atoms with van der Waals surface area (Å²) in [5, 5.41) is 25.5. The van der Waals surface area contributed by atoms with Crippen LogP contribution in [-0.2, 0) is 35.1 Å². The summed E-state index contributed by atoms with van der Waals surface area (Å²) in [6.45, 7) is 3.90. The fourth-order valence-electron chi connectivity index (χ4n) is 4.69. The van der Waals surface area contributed by atoms with Gasteiger partial charge in [-0.1, -0.05) is 18.2 Å². The summed E-state index contributed by atoms with van der Waals surface area (Å²) in [4.78, 5) is 67.2. The molecule has 1 aliphatic heterocycles. The van der Waals surface area contributed by atoms with E-state index in [1.165, 1.54) is 25.7 Å². The summed E-state index contributed by atoms with van der Waals surface area (Å²) >= 11 is 0. The van der Waals surface area contributed by atoms with Crippen molar-refractivity contribution in [3.05, 3.63) is 36.0 Å². The van der Waals surface area contributed by atoms with Gasteiger partial charge in [-0.2, -0.15) is 0 Å². The van der Waals surface area contributed by atoms with Crippen molar-refractivity contribution in [3.63, 3.8) is 0 Å². The summed E-state index contributed by atoms with van der Waals surface area (Å²) in [5.41, 5.74) is 6.84. The number of aromatic nitrogens is 1. The Kier molecular flexibility index (Phi) is 9.65. The molecule has 0 spiro atoms. The number of amides is 4. The molecule has 212 valence electrons. The quantitative estimate of drug-likeness (QED) is 0.190. The first-order valence-corrected chi connectivity index (χ1v) is 12.6. The minimum atomic E-state index is -1.40. The van der Waals surface area contributed by atoms with Gasteiger partial charge in [0, 0.05) is 36.9 Å². The SMILES string of the molecule is CC(=O)O[C@@H]1C[C@@H](C(=O)N[C@@H](Cc2c[nH]c3ccccc23)C(=O)N[C@H](C(N)=O)[C@@H](C)O)N(C(=O)C[C@@H](C)O)C1. The highest BCUT2D eigenvalue weighted by molar-refractivity contribution is 5.95. The number of aliphatic hydroxyl groups is 2. The number of hydrogen-bond donors (Lipinski definition) is 6. The summed E-state index contributed by atoms with van der Waals surface area (Å²) in [7, 11) is 0. The van der Waals surface area contributed by atoms with E-state index in [0.29, 0.717) is 5.56 Å². The number of para-hydroxylation sites is 1. The lowest BCUT2D eigenvalue weighted by Gasteiger charge is -2.27. The van der Waals surface area contributed by atoms with Crippen LogP contribution >= 0.6 is 0 Å². The van der Waals surface area contributed by atoms with Crippen molar-refractivity contribution in [3.8, 4) is 0 Å². The number of likely N-dealkylation sites (tertiary alicyclic amines) is 1. The maximum Gasteiger partial charge on any atom is 0.302 e. The van der Waals surface area contributed by atoms with Gasteiger partial charge in [0.15, 0.2) is 0 Å². The van der Waals surface area contributed by atoms with Gasteiger partial charge in [0.25, 0.3) is 0 Å². The molecule has 1 fully saturated rings. The van der Waals surface area contributed by atoms with Gasteiger partial charge in [-0.05, 0) is 25.5 Å². The van der Waals surface area contributed by atoms with Crippen molar-refractivity contribution < 1.29 is 38.9 Å². The maximum absolute atomic E-state index is 13.5. The third-order valence-corrected chi connectivity index (χ3v) is 6.51. The fourth-order valence-corrected chi connectivity index (χ4v) is 4.69. The van der Waals surface area contributed by atoms with E-state index < -0.39 is 66.0 Å². The number of benzene rings is 1. The average Bonchev–Trinajstić information content (AvgIpc) is 3.45. The molecule has 39 heavy (non-hydrogen) atoms. The zero-order valence-corrected chi connectivity index (χ0v) is 22.0. The number of nitrogens with zero attached hydrogens (tertiary/aromatic N) is 1. The monoisotopic (exact) mass is 545 g/mol. The third kappa shape index (κ3) is 7.54. The second-order valence-corrected chi connectivity index (χ2v) is 9.84. The Morgan fingerprint density at radius 2 is 1.85 bits per heavy atom. The first kappa shape index (κ1) is 29.6. The molecule has 6 atom stereocenters. The van der Waals surface area contributed by atoms with Crippen LogP contribution < -0.4 is 16.4 Å². The van der Waals surface area contributed by atoms with Gasteiger partial charge < -0.3 is 41.2 Å². The van der Waals surface area contributed by atoms with Gasteiger partial charge in [-0.25, -0.2) is 0 Å². The van der Waals surface area contributed by atoms with Gasteiger partial charge >= 0.3 is 5.97 Å². The summed E-state index contributed by atoms with van der Waals surface area (Å²) in [6.07, 6.45) is -1.53. The molecular weight excluding hydrogens is 510 g/mol. The standard InChI is InChI=1S/C26H35N5O8/c1-13(32)8-22(35)31-12-17(39-15(3)34)10-21(31)26(38)29-20(25(37)30-23(14(2)33)24(27)36)9-16-11-28-19-7-5-4-6-18(16)19/h4-7,11,13-14,17,20-21,23,28,32-33H,8-10,12H2,1-3H3,(H2,27,36)(H,29,38)(H,30,37)/t13-,14-,17-,20+,21+,23+/m1/s1. The molecule has 2 aromatic rings. The van der Waals surface area contributed by atoms with E-state index in [0.717, 1.165) is 10.9 Å². The average molecular weight is 546 g/mol. The smallest absolute Gasteiger partial charge is 0.302 e. The first-order valence-electron chi connectivity index (χ1n) is 12.6. The Hall–Kier alpha value is -3.97. The van der Waals surface area contributed by atoms with E-state index in [1.807, 2.05) is 24.3 Å². The Morgan fingerprint density at radius 1 is 1.15 bits per heavy atom. The number of carbonyl (C=O) groups excluding carboxylic acids is 5. The number of nitrogens with two attached hydrogens (primary N) is 1. The zero-order valence-electron chi connectivity index (χ0n) is 22.0. The largest absolute Gasteiger partial charge is 0.461 e. The molecule has 1 saturated heterocycles. The number of esters is 1. The number of aliphatic hydroxyl groups excluding tert-OH is 2. The zero-order chi connectivity index (χ0) is 28.9. The predicted octanol–water partition coefficient (Wildman–Crippen LogP) is -1.15. The number of rotatable bonds is 11. The highest BCUT2D eigenvalue weighted by atomic mass is 16.5. The number of fused-ring (bicyclic) bond motifs is 1. The number of nitrogens with one attached hydrogen (secondary N) is 3. The molecule has 0 radical (unpaired) electrons. The predicted molar refractivity (Wildman–Crippen MR) is 139 cm³/mol. The molecule has 3 rings (SSSR count). The molecule has 0 saturated carbocycles. The van der Waals surface area contributed by atoms with E-state index in [-0.39, 0.29) is 25.8 Å². The second kappa shape index (κ2) is 12.7. The molecule has 4 amide bonds. The fraction of sp³-hybridized carbons (Fsp3) is 0.500. The number of H-pyrrole nitrogens is 1. The Labute approximate surface area is 225 Å². The van der Waals surface area contributed by atoms with Gasteiger partial charge in [0.05, 0.1) is 25.2 Å². The molecule has 0 aliphatic carbocycles. The topological polar surface area (TPSA) is 204 Å². The molecule has 2 heterocycles. The van der Waals surface area contributed by atoms with Crippen molar-refractivity contribution in [2.24, 2.45) is 5.73 Å². The van der Waals surface area contributed by atoms with Crippen molar-refractivity contribution in [1.82, 2.24) is 20.5 Å². The molecule has 1 aliphatic rings. The van der Waals surface area contributed by atoms with Crippen LogP contribution in [0.25, 0.3) is 10.9 Å².